The van der Waals surface area contributed by atoms with Gasteiger partial charge in [-0.3, -0.25) is 4.79 Å². The van der Waals surface area contributed by atoms with Crippen LogP contribution in [0.15, 0.2) is 24.3 Å². The number of hydrogen-bond donors (Lipinski definition) is 2. The van der Waals surface area contributed by atoms with Gasteiger partial charge in [0.1, 0.15) is 5.75 Å². The fraction of sp³-hybridized carbons (Fsp3) is 0.588. The maximum Gasteiger partial charge on any atom is 0.303 e. The Bertz CT molecular complexity index is 426. The first-order chi connectivity index (χ1) is 10.7. The van der Waals surface area contributed by atoms with Crippen molar-refractivity contribution in [1.29, 1.82) is 0 Å². The Morgan fingerprint density at radius 1 is 1.14 bits per heavy atom. The van der Waals surface area contributed by atoms with Gasteiger partial charge in [-0.05, 0) is 25.0 Å². The lowest BCUT2D eigenvalue weighted by Gasteiger charge is -2.07. The quantitative estimate of drug-likeness (QED) is 0.396. The van der Waals surface area contributed by atoms with E-state index in [9.17, 15) is 4.79 Å². The van der Waals surface area contributed by atoms with Crippen LogP contribution >= 0.6 is 11.9 Å². The predicted octanol–water partition coefficient (Wildman–Crippen LogP) is 4.96. The second kappa shape index (κ2) is 12.2. The SMILES string of the molecule is COc1cccc(NSCCCCCCCCCC(=O)O)c1. The first kappa shape index (κ1) is 18.7. The molecule has 0 saturated heterocycles. The van der Waals surface area contributed by atoms with E-state index in [0.29, 0.717) is 6.42 Å². The van der Waals surface area contributed by atoms with Crippen molar-refractivity contribution in [3.63, 3.8) is 0 Å². The molecule has 0 fully saturated rings. The number of methoxy groups -OCH3 is 1. The third-order valence-corrected chi connectivity index (χ3v) is 4.27. The summed E-state index contributed by atoms with van der Waals surface area (Å²) in [4.78, 5) is 10.4. The summed E-state index contributed by atoms with van der Waals surface area (Å²) in [6, 6.07) is 7.94. The summed E-state index contributed by atoms with van der Waals surface area (Å²) in [5.74, 6) is 1.28. The second-order valence-corrected chi connectivity index (χ2v) is 6.20. The minimum atomic E-state index is -0.680. The Balaban J connectivity index is 1.90. The predicted molar refractivity (Wildman–Crippen MR) is 93.6 cm³/mol. The zero-order valence-corrected chi connectivity index (χ0v) is 14.2. The van der Waals surface area contributed by atoms with E-state index in [1.165, 1.54) is 25.7 Å². The number of benzene rings is 1. The molecule has 0 unspecified atom stereocenters. The molecular weight excluding hydrogens is 298 g/mol. The molecule has 5 heteroatoms. The first-order valence-electron chi connectivity index (χ1n) is 7.96. The topological polar surface area (TPSA) is 58.6 Å². The Labute approximate surface area is 137 Å². The molecule has 0 saturated carbocycles. The maximum atomic E-state index is 10.4. The molecule has 2 N–H and O–H groups in total. The molecule has 0 bridgehead atoms. The fourth-order valence-electron chi connectivity index (χ4n) is 2.16. The van der Waals surface area contributed by atoms with Crippen molar-refractivity contribution in [3.05, 3.63) is 24.3 Å². The fourth-order valence-corrected chi connectivity index (χ4v) is 2.90. The van der Waals surface area contributed by atoms with E-state index in [2.05, 4.69) is 4.72 Å². The molecule has 1 rings (SSSR count). The van der Waals surface area contributed by atoms with E-state index in [1.54, 1.807) is 19.1 Å². The highest BCUT2D eigenvalue weighted by atomic mass is 32.2. The van der Waals surface area contributed by atoms with E-state index >= 15 is 0 Å². The highest BCUT2D eigenvalue weighted by Gasteiger charge is 1.98. The van der Waals surface area contributed by atoms with Crippen LogP contribution in [-0.2, 0) is 4.79 Å². The van der Waals surface area contributed by atoms with Gasteiger partial charge < -0.3 is 14.6 Å². The standard InChI is InChI=1S/C17H27NO3S/c1-21-16-11-9-10-15(14-16)18-22-13-8-6-4-2-3-5-7-12-17(19)20/h9-11,14,18H,2-8,12-13H2,1H3,(H,19,20). The molecule has 0 amide bonds. The summed E-state index contributed by atoms with van der Waals surface area (Å²) in [6.07, 6.45) is 8.23. The van der Waals surface area contributed by atoms with Gasteiger partial charge in [-0.25, -0.2) is 0 Å². The van der Waals surface area contributed by atoms with Crippen molar-refractivity contribution in [2.75, 3.05) is 17.6 Å². The van der Waals surface area contributed by atoms with Crippen molar-refractivity contribution >= 4 is 23.6 Å². The van der Waals surface area contributed by atoms with Gasteiger partial charge in [0.05, 0.1) is 7.11 Å². The monoisotopic (exact) mass is 325 g/mol. The van der Waals surface area contributed by atoms with Gasteiger partial charge in [-0.1, -0.05) is 50.1 Å². The normalized spacial score (nSPS) is 10.4. The van der Waals surface area contributed by atoms with Crippen molar-refractivity contribution in [3.8, 4) is 5.75 Å². The van der Waals surface area contributed by atoms with E-state index < -0.39 is 5.97 Å². The van der Waals surface area contributed by atoms with Crippen LogP contribution in [0.4, 0.5) is 5.69 Å². The molecule has 0 aliphatic heterocycles. The molecule has 22 heavy (non-hydrogen) atoms. The summed E-state index contributed by atoms with van der Waals surface area (Å²) in [5.41, 5.74) is 1.07. The first-order valence-corrected chi connectivity index (χ1v) is 8.94. The van der Waals surface area contributed by atoms with E-state index in [1.807, 2.05) is 24.3 Å². The summed E-state index contributed by atoms with van der Waals surface area (Å²) in [5, 5.41) is 8.53. The van der Waals surface area contributed by atoms with Crippen LogP contribution in [-0.4, -0.2) is 23.9 Å². The molecule has 0 heterocycles. The second-order valence-electron chi connectivity index (χ2n) is 5.30. The molecule has 124 valence electrons. The van der Waals surface area contributed by atoms with Gasteiger partial charge in [0, 0.05) is 23.9 Å². The number of aliphatic carboxylic acids is 1. The van der Waals surface area contributed by atoms with Crippen LogP contribution in [0.1, 0.15) is 51.4 Å². The summed E-state index contributed by atoms with van der Waals surface area (Å²) in [7, 11) is 1.67. The van der Waals surface area contributed by atoms with Crippen LogP contribution in [0.3, 0.4) is 0 Å². The van der Waals surface area contributed by atoms with Gasteiger partial charge >= 0.3 is 5.97 Å². The summed E-state index contributed by atoms with van der Waals surface area (Å²) in [6.45, 7) is 0. The third-order valence-electron chi connectivity index (χ3n) is 3.40. The highest BCUT2D eigenvalue weighted by Crippen LogP contribution is 2.20. The molecular formula is C17H27NO3S. The highest BCUT2D eigenvalue weighted by molar-refractivity contribution is 8.00. The molecule has 0 spiro atoms. The van der Waals surface area contributed by atoms with Crippen LogP contribution in [0.2, 0.25) is 0 Å². The minimum absolute atomic E-state index is 0.312. The van der Waals surface area contributed by atoms with Gasteiger partial charge in [0.15, 0.2) is 0 Å². The molecule has 0 aliphatic rings. The Morgan fingerprint density at radius 3 is 2.50 bits per heavy atom. The van der Waals surface area contributed by atoms with E-state index in [0.717, 1.165) is 36.5 Å². The van der Waals surface area contributed by atoms with Gasteiger partial charge in [-0.2, -0.15) is 0 Å². The number of carbonyl (C=O) groups is 1. The van der Waals surface area contributed by atoms with E-state index in [-0.39, 0.29) is 0 Å². The Morgan fingerprint density at radius 2 is 1.82 bits per heavy atom. The number of nitrogens with one attached hydrogen (secondary N) is 1. The number of unbranched alkanes of at least 4 members (excludes halogenated alkanes) is 6. The zero-order valence-electron chi connectivity index (χ0n) is 13.3. The lowest BCUT2D eigenvalue weighted by molar-refractivity contribution is -0.137. The van der Waals surface area contributed by atoms with Crippen LogP contribution in [0.25, 0.3) is 0 Å². The van der Waals surface area contributed by atoms with Gasteiger partial charge in [0.2, 0.25) is 0 Å². The number of rotatable bonds is 13. The number of anilines is 1. The molecule has 0 radical (unpaired) electrons. The van der Waals surface area contributed by atoms with Gasteiger partial charge in [0.25, 0.3) is 0 Å². The maximum absolute atomic E-state index is 10.4. The van der Waals surface area contributed by atoms with Crippen molar-refractivity contribution < 1.29 is 14.6 Å². The lowest BCUT2D eigenvalue weighted by Crippen LogP contribution is -1.93. The largest absolute Gasteiger partial charge is 0.497 e. The summed E-state index contributed by atoms with van der Waals surface area (Å²) >= 11 is 1.73. The van der Waals surface area contributed by atoms with Crippen molar-refractivity contribution in [2.45, 2.75) is 51.4 Å². The third kappa shape index (κ3) is 9.55. The average molecular weight is 325 g/mol. The van der Waals surface area contributed by atoms with Crippen molar-refractivity contribution in [1.82, 2.24) is 0 Å². The van der Waals surface area contributed by atoms with Gasteiger partial charge in [-0.15, -0.1) is 0 Å². The number of carboxylic acid groups (broad SMARTS) is 1. The van der Waals surface area contributed by atoms with Crippen LogP contribution in [0, 0.1) is 0 Å². The lowest BCUT2D eigenvalue weighted by atomic mass is 10.1. The minimum Gasteiger partial charge on any atom is -0.497 e. The molecule has 4 nitrogen and oxygen atoms in total. The number of ether oxygens (including phenoxy) is 1. The number of carboxylic acids is 1. The molecule has 1 aromatic carbocycles. The average Bonchev–Trinajstić information content (AvgIpc) is 2.52. The molecule has 1 aromatic rings. The zero-order chi connectivity index (χ0) is 16.0. The number of hydrogen-bond acceptors (Lipinski definition) is 4. The van der Waals surface area contributed by atoms with Crippen LogP contribution < -0.4 is 9.46 Å². The summed E-state index contributed by atoms with van der Waals surface area (Å²) < 4.78 is 8.52. The Hall–Kier alpha value is -1.36. The Kier molecular flexibility index (Phi) is 10.4. The van der Waals surface area contributed by atoms with E-state index in [4.69, 9.17) is 9.84 Å². The molecule has 0 aliphatic carbocycles. The van der Waals surface area contributed by atoms with Crippen LogP contribution in [0.5, 0.6) is 5.75 Å². The molecule has 0 atom stereocenters. The van der Waals surface area contributed by atoms with Crippen molar-refractivity contribution in [2.24, 2.45) is 0 Å². The smallest absolute Gasteiger partial charge is 0.303 e. The molecule has 0 aromatic heterocycles.